The highest BCUT2D eigenvalue weighted by molar-refractivity contribution is 8.15. The van der Waals surface area contributed by atoms with Gasteiger partial charge in [0.15, 0.2) is 5.17 Å². The second kappa shape index (κ2) is 10.2. The number of amides is 1. The average Bonchev–Trinajstić information content (AvgIpc) is 3.02. The Labute approximate surface area is 182 Å². The summed E-state index contributed by atoms with van der Waals surface area (Å²) in [6, 6.07) is 15.3. The largest absolute Gasteiger partial charge is 0.497 e. The van der Waals surface area contributed by atoms with Gasteiger partial charge in [0.05, 0.1) is 18.0 Å². The lowest BCUT2D eigenvalue weighted by Crippen LogP contribution is -2.35. The molecule has 1 aliphatic rings. The summed E-state index contributed by atoms with van der Waals surface area (Å²) < 4.78 is 10.6. The Kier molecular flexibility index (Phi) is 7.42. The van der Waals surface area contributed by atoms with Crippen LogP contribution in [-0.2, 0) is 11.2 Å². The molecule has 0 bridgehead atoms. The molecule has 0 saturated carbocycles. The number of rotatable bonds is 8. The minimum atomic E-state index is -0.196. The highest BCUT2D eigenvalue weighted by atomic mass is 32.2. The van der Waals surface area contributed by atoms with Crippen LogP contribution in [0, 0.1) is 18.3 Å². The van der Waals surface area contributed by atoms with E-state index in [1.807, 2.05) is 53.4 Å². The number of amidine groups is 1. The summed E-state index contributed by atoms with van der Waals surface area (Å²) >= 11 is 1.52. The summed E-state index contributed by atoms with van der Waals surface area (Å²) in [6.45, 7) is 5.10. The molecule has 0 radical (unpaired) electrons. The molecule has 1 aliphatic heterocycles. The van der Waals surface area contributed by atoms with Gasteiger partial charge in [0.1, 0.15) is 18.1 Å². The van der Waals surface area contributed by atoms with Crippen LogP contribution in [-0.4, -0.2) is 41.5 Å². The molecule has 0 spiro atoms. The molecule has 6 heteroatoms. The van der Waals surface area contributed by atoms with E-state index in [-0.39, 0.29) is 17.8 Å². The molecule has 0 aliphatic carbocycles. The van der Waals surface area contributed by atoms with Crippen molar-refractivity contribution in [3.63, 3.8) is 0 Å². The van der Waals surface area contributed by atoms with Crippen molar-refractivity contribution in [2.75, 3.05) is 20.3 Å². The van der Waals surface area contributed by atoms with E-state index in [0.29, 0.717) is 18.9 Å². The van der Waals surface area contributed by atoms with Crippen molar-refractivity contribution >= 4 is 28.5 Å². The van der Waals surface area contributed by atoms with Crippen molar-refractivity contribution in [2.45, 2.75) is 25.5 Å². The fourth-order valence-electron chi connectivity index (χ4n) is 3.09. The first-order chi connectivity index (χ1) is 14.5. The fraction of sp³-hybridized carbons (Fsp3) is 0.333. The van der Waals surface area contributed by atoms with Crippen molar-refractivity contribution in [1.82, 2.24) is 4.90 Å². The van der Waals surface area contributed by atoms with Gasteiger partial charge >= 0.3 is 0 Å². The topological polar surface area (TPSA) is 51.1 Å². The molecule has 1 atom stereocenters. The smallest absolute Gasteiger partial charge is 0.242 e. The molecule has 2 aromatic rings. The van der Waals surface area contributed by atoms with Gasteiger partial charge in [-0.2, -0.15) is 0 Å². The monoisotopic (exact) mass is 422 g/mol. The number of terminal acetylenes is 1. The maximum absolute atomic E-state index is 13.1. The number of ether oxygens (including phenoxy) is 2. The van der Waals surface area contributed by atoms with E-state index >= 15 is 0 Å². The van der Waals surface area contributed by atoms with E-state index in [0.717, 1.165) is 27.9 Å². The molecular formula is C24H26N2O3S. The molecule has 30 heavy (non-hydrogen) atoms. The fourth-order valence-corrected chi connectivity index (χ4v) is 4.29. The van der Waals surface area contributed by atoms with Gasteiger partial charge in [-0.05, 0) is 54.3 Å². The molecular weight excluding hydrogens is 396 g/mol. The van der Waals surface area contributed by atoms with Crippen LogP contribution >= 0.6 is 11.8 Å². The number of hydrogen-bond donors (Lipinski definition) is 0. The molecule has 156 valence electrons. The third kappa shape index (κ3) is 5.58. The predicted molar refractivity (Wildman–Crippen MR) is 122 cm³/mol. The number of aliphatic imine (C=N–C) groups is 1. The average molecular weight is 423 g/mol. The lowest BCUT2D eigenvalue weighted by molar-refractivity contribution is -0.126. The molecule has 2 aromatic carbocycles. The molecule has 1 saturated heterocycles. The Hall–Kier alpha value is -2.91. The van der Waals surface area contributed by atoms with Crippen molar-refractivity contribution < 1.29 is 14.3 Å². The minimum absolute atomic E-state index is 0.105. The van der Waals surface area contributed by atoms with Crippen molar-refractivity contribution in [2.24, 2.45) is 10.9 Å². The number of carbonyl (C=O) groups is 1. The Morgan fingerprint density at radius 2 is 1.80 bits per heavy atom. The Balaban J connectivity index is 1.76. The zero-order valence-electron chi connectivity index (χ0n) is 17.5. The summed E-state index contributed by atoms with van der Waals surface area (Å²) in [5, 5.41) is 0.552. The maximum atomic E-state index is 13.1. The van der Waals surface area contributed by atoms with Crippen LogP contribution in [0.1, 0.15) is 19.4 Å². The first-order valence-electron chi connectivity index (χ1n) is 9.86. The predicted octanol–water partition coefficient (Wildman–Crippen LogP) is 4.54. The molecule has 0 N–H and O–H groups in total. The van der Waals surface area contributed by atoms with E-state index in [9.17, 15) is 4.79 Å². The van der Waals surface area contributed by atoms with E-state index in [1.54, 1.807) is 7.11 Å². The molecule has 1 fully saturated rings. The van der Waals surface area contributed by atoms with Crippen molar-refractivity contribution in [3.8, 4) is 23.8 Å². The maximum Gasteiger partial charge on any atom is 0.242 e. The van der Waals surface area contributed by atoms with Gasteiger partial charge in [-0.3, -0.25) is 9.69 Å². The van der Waals surface area contributed by atoms with E-state index in [2.05, 4.69) is 19.8 Å². The second-order valence-electron chi connectivity index (χ2n) is 7.38. The Bertz CT molecular complexity index is 930. The Morgan fingerprint density at radius 3 is 2.40 bits per heavy atom. The molecule has 3 rings (SSSR count). The standard InChI is InChI=1S/C24H26N2O3S/c1-5-14-29-21-10-6-18(7-11-21)15-22-23(27)26(16-17(2)3)24(30-22)25-19-8-12-20(28-4)13-9-19/h1,6-13,17,22H,14-16H2,2-4H3/t22-/m1/s1. The van der Waals surface area contributed by atoms with Crippen LogP contribution in [0.4, 0.5) is 5.69 Å². The highest BCUT2D eigenvalue weighted by Crippen LogP contribution is 2.33. The number of thioether (sulfide) groups is 1. The van der Waals surface area contributed by atoms with Gasteiger partial charge in [-0.15, -0.1) is 6.42 Å². The molecule has 0 unspecified atom stereocenters. The SMILES string of the molecule is C#CCOc1ccc(C[C@H]2SC(=Nc3ccc(OC)cc3)N(CC(C)C)C2=O)cc1. The van der Waals surface area contributed by atoms with Crippen LogP contribution in [0.5, 0.6) is 11.5 Å². The summed E-state index contributed by atoms with van der Waals surface area (Å²) in [6.07, 6.45) is 5.86. The van der Waals surface area contributed by atoms with E-state index < -0.39 is 0 Å². The number of carbonyl (C=O) groups excluding carboxylic acids is 1. The summed E-state index contributed by atoms with van der Waals surface area (Å²) in [4.78, 5) is 19.7. The lowest BCUT2D eigenvalue weighted by atomic mass is 10.1. The van der Waals surface area contributed by atoms with Crippen LogP contribution in [0.25, 0.3) is 0 Å². The number of methoxy groups -OCH3 is 1. The second-order valence-corrected chi connectivity index (χ2v) is 8.55. The van der Waals surface area contributed by atoms with E-state index in [4.69, 9.17) is 20.9 Å². The summed E-state index contributed by atoms with van der Waals surface area (Å²) in [5.74, 6) is 4.41. The van der Waals surface area contributed by atoms with E-state index in [1.165, 1.54) is 11.8 Å². The number of hydrogen-bond acceptors (Lipinski definition) is 5. The van der Waals surface area contributed by atoms with Crippen LogP contribution in [0.3, 0.4) is 0 Å². The van der Waals surface area contributed by atoms with Crippen molar-refractivity contribution in [1.29, 1.82) is 0 Å². The minimum Gasteiger partial charge on any atom is -0.497 e. The summed E-state index contributed by atoms with van der Waals surface area (Å²) in [7, 11) is 1.63. The molecule has 1 heterocycles. The number of nitrogens with zero attached hydrogens (tertiary/aromatic N) is 2. The zero-order chi connectivity index (χ0) is 21.5. The van der Waals surface area contributed by atoms with Gasteiger partial charge in [0.25, 0.3) is 0 Å². The molecule has 5 nitrogen and oxygen atoms in total. The lowest BCUT2D eigenvalue weighted by Gasteiger charge is -2.18. The normalized spacial score (nSPS) is 17.4. The first kappa shape index (κ1) is 21.8. The third-order valence-corrected chi connectivity index (χ3v) is 5.71. The quantitative estimate of drug-likeness (QED) is 0.586. The molecule has 0 aromatic heterocycles. The van der Waals surface area contributed by atoms with Crippen LogP contribution in [0.2, 0.25) is 0 Å². The van der Waals surface area contributed by atoms with Gasteiger partial charge < -0.3 is 9.47 Å². The van der Waals surface area contributed by atoms with Gasteiger partial charge in [-0.25, -0.2) is 4.99 Å². The Morgan fingerprint density at radius 1 is 1.13 bits per heavy atom. The summed E-state index contributed by atoms with van der Waals surface area (Å²) in [5.41, 5.74) is 1.87. The first-order valence-corrected chi connectivity index (χ1v) is 10.7. The molecule has 1 amide bonds. The number of benzene rings is 2. The van der Waals surface area contributed by atoms with Crippen LogP contribution in [0.15, 0.2) is 53.5 Å². The van der Waals surface area contributed by atoms with Gasteiger partial charge in [0, 0.05) is 6.54 Å². The van der Waals surface area contributed by atoms with Crippen molar-refractivity contribution in [3.05, 3.63) is 54.1 Å². The van der Waals surface area contributed by atoms with Crippen LogP contribution < -0.4 is 9.47 Å². The van der Waals surface area contributed by atoms with Gasteiger partial charge in [0.2, 0.25) is 5.91 Å². The zero-order valence-corrected chi connectivity index (χ0v) is 18.3. The third-order valence-electron chi connectivity index (χ3n) is 4.53. The van der Waals surface area contributed by atoms with Gasteiger partial charge in [-0.1, -0.05) is 43.7 Å². The highest BCUT2D eigenvalue weighted by Gasteiger charge is 2.38.